The minimum atomic E-state index is -0.0810. The van der Waals surface area contributed by atoms with Crippen molar-refractivity contribution in [2.24, 2.45) is 5.41 Å². The molecule has 1 fully saturated rings. The van der Waals surface area contributed by atoms with Crippen LogP contribution in [0, 0.1) is 5.41 Å². The highest BCUT2D eigenvalue weighted by atomic mass is 16.3. The van der Waals surface area contributed by atoms with E-state index in [0.29, 0.717) is 0 Å². The van der Waals surface area contributed by atoms with Gasteiger partial charge in [0.25, 0.3) is 0 Å². The number of rotatable bonds is 1. The van der Waals surface area contributed by atoms with E-state index in [2.05, 4.69) is 20.8 Å². The lowest BCUT2D eigenvalue weighted by molar-refractivity contribution is 0.102. The largest absolute Gasteiger partial charge is 0.508 e. The Morgan fingerprint density at radius 3 is 2.45 bits per heavy atom. The first kappa shape index (κ1) is 15.3. The third-order valence-corrected chi connectivity index (χ3v) is 5.72. The molecule has 1 atom stereocenters. The predicted molar refractivity (Wildman–Crippen MR) is 89.6 cm³/mol. The van der Waals surface area contributed by atoms with E-state index < -0.39 is 0 Å². The first-order chi connectivity index (χ1) is 10.2. The monoisotopic (exact) mass is 298 g/mol. The van der Waals surface area contributed by atoms with Gasteiger partial charge < -0.3 is 5.11 Å². The van der Waals surface area contributed by atoms with Crippen molar-refractivity contribution in [1.29, 1.82) is 0 Å². The number of fused-ring (bicyclic) bond motifs is 3. The number of hydrogen-bond donors (Lipinski definition) is 1. The van der Waals surface area contributed by atoms with Gasteiger partial charge in [0.1, 0.15) is 5.75 Å². The number of phenols is 1. The highest BCUT2D eigenvalue weighted by Gasteiger charge is 2.47. The Kier molecular flexibility index (Phi) is 3.28. The Hall–Kier alpha value is -1.57. The van der Waals surface area contributed by atoms with Crippen molar-refractivity contribution in [3.8, 4) is 5.75 Å². The third-order valence-electron chi connectivity index (χ3n) is 5.72. The van der Waals surface area contributed by atoms with Gasteiger partial charge in [-0.15, -0.1) is 0 Å². The zero-order chi connectivity index (χ0) is 16.3. The molecule has 3 rings (SSSR count). The van der Waals surface area contributed by atoms with E-state index in [-0.39, 0.29) is 28.3 Å². The quantitative estimate of drug-likeness (QED) is 0.782. The van der Waals surface area contributed by atoms with Gasteiger partial charge in [-0.25, -0.2) is 0 Å². The second-order valence-electron chi connectivity index (χ2n) is 8.07. The molecule has 0 heterocycles. The molecular formula is C20H26O2. The van der Waals surface area contributed by atoms with Crippen LogP contribution in [0.5, 0.6) is 5.75 Å². The van der Waals surface area contributed by atoms with Crippen LogP contribution in [0.15, 0.2) is 23.8 Å². The summed E-state index contributed by atoms with van der Waals surface area (Å²) in [5, 5.41) is 10.3. The number of ketones is 1. The first-order valence-electron chi connectivity index (χ1n) is 8.32. The third kappa shape index (κ3) is 1.96. The molecule has 2 aliphatic rings. The number of hydrogen-bond acceptors (Lipinski definition) is 2. The fourth-order valence-corrected chi connectivity index (χ4v) is 4.66. The molecule has 0 bridgehead atoms. The Labute approximate surface area is 133 Å². The summed E-state index contributed by atoms with van der Waals surface area (Å²) in [4.78, 5) is 12.9. The van der Waals surface area contributed by atoms with Crippen molar-refractivity contribution in [2.45, 2.75) is 65.2 Å². The van der Waals surface area contributed by atoms with Crippen molar-refractivity contribution in [3.05, 3.63) is 40.5 Å². The maximum atomic E-state index is 12.9. The molecule has 0 saturated heterocycles. The number of allylic oxidation sites excluding steroid dienone is 2. The molecule has 0 aliphatic heterocycles. The SMILES string of the molecule is CC(C)c1c(O)ccc2c1C(=O)C=C1C(C)(C)CCCC12C. The highest BCUT2D eigenvalue weighted by Crippen LogP contribution is 2.55. The maximum Gasteiger partial charge on any atom is 0.186 e. The van der Waals surface area contributed by atoms with E-state index in [9.17, 15) is 9.90 Å². The molecule has 1 unspecified atom stereocenters. The summed E-state index contributed by atoms with van der Waals surface area (Å²) in [6, 6.07) is 3.75. The zero-order valence-electron chi connectivity index (χ0n) is 14.3. The molecule has 1 aromatic rings. The number of phenolic OH excluding ortho intramolecular Hbond substituents is 1. The smallest absolute Gasteiger partial charge is 0.186 e. The van der Waals surface area contributed by atoms with E-state index in [1.165, 1.54) is 12.0 Å². The topological polar surface area (TPSA) is 37.3 Å². The minimum absolute atomic E-state index is 0.0657. The molecule has 1 N–H and O–H groups in total. The zero-order valence-corrected chi connectivity index (χ0v) is 14.3. The van der Waals surface area contributed by atoms with Crippen molar-refractivity contribution in [2.75, 3.05) is 0 Å². The average Bonchev–Trinajstić information content (AvgIpc) is 2.40. The van der Waals surface area contributed by atoms with E-state index >= 15 is 0 Å². The minimum Gasteiger partial charge on any atom is -0.508 e. The Morgan fingerprint density at radius 2 is 1.82 bits per heavy atom. The van der Waals surface area contributed by atoms with Crippen LogP contribution in [0.1, 0.15) is 81.3 Å². The molecule has 22 heavy (non-hydrogen) atoms. The maximum absolute atomic E-state index is 12.9. The molecule has 1 saturated carbocycles. The summed E-state index contributed by atoms with van der Waals surface area (Å²) in [6.07, 6.45) is 5.25. The van der Waals surface area contributed by atoms with Crippen LogP contribution in [0.4, 0.5) is 0 Å². The Balaban J connectivity index is 2.31. The summed E-state index contributed by atoms with van der Waals surface area (Å²) < 4.78 is 0. The van der Waals surface area contributed by atoms with E-state index in [1.54, 1.807) is 6.07 Å². The summed E-state index contributed by atoms with van der Waals surface area (Å²) in [5.41, 5.74) is 3.92. The van der Waals surface area contributed by atoms with E-state index in [0.717, 1.165) is 29.5 Å². The molecule has 2 aliphatic carbocycles. The van der Waals surface area contributed by atoms with Gasteiger partial charge in [0.05, 0.1) is 0 Å². The van der Waals surface area contributed by atoms with Crippen LogP contribution in [-0.2, 0) is 5.41 Å². The van der Waals surface area contributed by atoms with Crippen LogP contribution >= 0.6 is 0 Å². The van der Waals surface area contributed by atoms with E-state index in [4.69, 9.17) is 0 Å². The molecule has 0 amide bonds. The molecule has 118 valence electrons. The summed E-state index contributed by atoms with van der Waals surface area (Å²) >= 11 is 0. The molecule has 0 spiro atoms. The summed E-state index contributed by atoms with van der Waals surface area (Å²) in [5.74, 6) is 0.448. The predicted octanol–water partition coefficient (Wildman–Crippen LogP) is 5.11. The van der Waals surface area contributed by atoms with Crippen LogP contribution in [0.2, 0.25) is 0 Å². The number of benzene rings is 1. The lowest BCUT2D eigenvalue weighted by Gasteiger charge is -2.49. The van der Waals surface area contributed by atoms with Gasteiger partial charge in [0.2, 0.25) is 0 Å². The van der Waals surface area contributed by atoms with Crippen LogP contribution < -0.4 is 0 Å². The molecule has 2 nitrogen and oxygen atoms in total. The number of aromatic hydroxyl groups is 1. The van der Waals surface area contributed by atoms with Crippen LogP contribution in [0.25, 0.3) is 0 Å². The van der Waals surface area contributed by atoms with Gasteiger partial charge in [0.15, 0.2) is 5.78 Å². The molecule has 1 aromatic carbocycles. The highest BCUT2D eigenvalue weighted by molar-refractivity contribution is 6.10. The molecule has 0 aromatic heterocycles. The van der Waals surface area contributed by atoms with Gasteiger partial charge in [-0.3, -0.25) is 4.79 Å². The van der Waals surface area contributed by atoms with Gasteiger partial charge in [-0.2, -0.15) is 0 Å². The van der Waals surface area contributed by atoms with Crippen molar-refractivity contribution in [1.82, 2.24) is 0 Å². The fourth-order valence-electron chi connectivity index (χ4n) is 4.66. The number of carbonyl (C=O) groups is 1. The molecule has 2 heteroatoms. The van der Waals surface area contributed by atoms with Crippen molar-refractivity contribution in [3.63, 3.8) is 0 Å². The van der Waals surface area contributed by atoms with Gasteiger partial charge in [-0.1, -0.05) is 52.7 Å². The normalized spacial score (nSPS) is 26.5. The van der Waals surface area contributed by atoms with Crippen molar-refractivity contribution < 1.29 is 9.90 Å². The average molecular weight is 298 g/mol. The van der Waals surface area contributed by atoms with Gasteiger partial charge in [0, 0.05) is 16.5 Å². The summed E-state index contributed by atoms with van der Waals surface area (Å²) in [6.45, 7) is 10.8. The second-order valence-corrected chi connectivity index (χ2v) is 8.07. The van der Waals surface area contributed by atoms with Gasteiger partial charge >= 0.3 is 0 Å². The number of carbonyl (C=O) groups excluding carboxylic acids is 1. The van der Waals surface area contributed by atoms with Gasteiger partial charge in [-0.05, 0) is 41.9 Å². The van der Waals surface area contributed by atoms with Crippen molar-refractivity contribution >= 4 is 5.78 Å². The molecule has 0 radical (unpaired) electrons. The second kappa shape index (κ2) is 4.71. The Bertz CT molecular complexity index is 679. The standard InChI is InChI=1S/C20H26O2/c1-12(2)17-14(21)8-7-13-18(17)15(22)11-16-19(3,4)9-6-10-20(13,16)5/h7-8,11-12,21H,6,9-10H2,1-5H3. The first-order valence-corrected chi connectivity index (χ1v) is 8.32. The lowest BCUT2D eigenvalue weighted by Crippen LogP contribution is -2.41. The fraction of sp³-hybridized carbons (Fsp3) is 0.550. The van der Waals surface area contributed by atoms with Crippen LogP contribution in [0.3, 0.4) is 0 Å². The molecular weight excluding hydrogens is 272 g/mol. The van der Waals surface area contributed by atoms with Crippen LogP contribution in [-0.4, -0.2) is 10.9 Å². The Morgan fingerprint density at radius 1 is 1.14 bits per heavy atom. The lowest BCUT2D eigenvalue weighted by atomic mass is 9.55. The summed E-state index contributed by atoms with van der Waals surface area (Å²) in [7, 11) is 0. The van der Waals surface area contributed by atoms with E-state index in [1.807, 2.05) is 26.0 Å².